The van der Waals surface area contributed by atoms with Gasteiger partial charge < -0.3 is 18.2 Å². The second-order valence-electron chi connectivity index (χ2n) is 42.7. The number of anilines is 3. The highest BCUT2D eigenvalue weighted by molar-refractivity contribution is 6.22. The smallest absolute Gasteiger partial charge is 0.144 e. The van der Waals surface area contributed by atoms with Crippen molar-refractivity contribution in [3.05, 3.63) is 411 Å². The van der Waals surface area contributed by atoms with E-state index in [0.717, 1.165) is 94.2 Å². The molecule has 6 aliphatic carbocycles. The fourth-order valence-corrected chi connectivity index (χ4v) is 28.3. The number of rotatable bonds is 31. The zero-order chi connectivity index (χ0) is 93.0. The summed E-state index contributed by atoms with van der Waals surface area (Å²) in [5, 5.41) is 7.22. The van der Waals surface area contributed by atoms with Gasteiger partial charge in [-0.05, 0) is 267 Å². The molecular formula is C134H125NO3. The molecule has 0 atom stereocenters. The monoisotopic (exact) mass is 1800 g/mol. The topological polar surface area (TPSA) is 42.7 Å². The molecule has 0 bridgehead atoms. The number of hydrogen-bond donors (Lipinski definition) is 0. The van der Waals surface area contributed by atoms with E-state index >= 15 is 0 Å². The first-order valence-electron chi connectivity index (χ1n) is 52.7. The van der Waals surface area contributed by atoms with Crippen LogP contribution in [0.15, 0.2) is 335 Å². The molecule has 19 aromatic rings. The van der Waals surface area contributed by atoms with Crippen LogP contribution in [0.2, 0.25) is 0 Å². The van der Waals surface area contributed by atoms with Crippen LogP contribution in [0.3, 0.4) is 0 Å². The van der Waals surface area contributed by atoms with Crippen molar-refractivity contribution in [3.63, 3.8) is 0 Å². The van der Waals surface area contributed by atoms with Crippen molar-refractivity contribution in [2.75, 3.05) is 4.90 Å². The highest BCUT2D eigenvalue weighted by atomic mass is 16.3. The van der Waals surface area contributed by atoms with E-state index < -0.39 is 16.2 Å². The molecule has 4 nitrogen and oxygen atoms in total. The van der Waals surface area contributed by atoms with Crippen molar-refractivity contribution in [3.8, 4) is 66.8 Å². The van der Waals surface area contributed by atoms with Crippen molar-refractivity contribution in [2.24, 2.45) is 0 Å². The van der Waals surface area contributed by atoms with Gasteiger partial charge in [0.05, 0.1) is 10.8 Å². The predicted molar refractivity (Wildman–Crippen MR) is 579 cm³/mol. The van der Waals surface area contributed by atoms with Crippen LogP contribution in [0.25, 0.3) is 133 Å². The Hall–Kier alpha value is -13.3. The lowest BCUT2D eigenvalue weighted by atomic mass is 9.62. The Balaban J connectivity index is 0.767. The Kier molecular flexibility index (Phi) is 21.2. The summed E-state index contributed by atoms with van der Waals surface area (Å²) in [4.78, 5) is 2.75. The second-order valence-corrected chi connectivity index (χ2v) is 42.7. The molecule has 138 heavy (non-hydrogen) atoms. The standard InChI is InChI=1S/C134H125NO3/c1-9-13-17-21-45-75-131(76-46-22-18-14-10-2)104-61-41-37-57-95(104)123-124-99-60-40-44-64-116(99)138-128(124)125-96-70-67-91(80-110(96)132(127(125)126(123)131,77-47-23-19-15-11-3)78-48-24-20-16-12-4)135(90-65-68-93-100-82-109-102(84-108(100)130(7,8)107(93)79-90)119-105(129(109,5)6)71-73-117-121(119)97-58-38-42-62-114(97)136-117)92-66-69-94-101-83-113-103(85-112(101)134(111(94)81-92,88-53-33-27-34-54-88)89-55-35-28-36-56-89)120-106(72-74-118-122(120)98-59-39-43-63-115(98)137-118)133(113,86-49-29-25-30-50-86)87-51-31-26-32-52-87/h25-44,49-74,79-85H,9-24,45-48,75-78H2,1-8H3. The summed E-state index contributed by atoms with van der Waals surface area (Å²) in [6.07, 6.45) is 28.9. The van der Waals surface area contributed by atoms with Gasteiger partial charge in [-0.2, -0.15) is 0 Å². The van der Waals surface area contributed by atoms with Crippen LogP contribution >= 0.6 is 0 Å². The number of para-hydroxylation sites is 3. The molecule has 0 saturated carbocycles. The summed E-state index contributed by atoms with van der Waals surface area (Å²) in [6, 6.07) is 126. The summed E-state index contributed by atoms with van der Waals surface area (Å²) in [5.41, 5.74) is 43.8. The molecule has 0 aliphatic heterocycles. The van der Waals surface area contributed by atoms with Gasteiger partial charge in [-0.25, -0.2) is 0 Å². The summed E-state index contributed by atoms with van der Waals surface area (Å²) < 4.78 is 21.7. The van der Waals surface area contributed by atoms with E-state index in [9.17, 15) is 0 Å². The van der Waals surface area contributed by atoms with Crippen LogP contribution in [0.1, 0.15) is 299 Å². The molecule has 3 aromatic heterocycles. The van der Waals surface area contributed by atoms with Crippen LogP contribution in [0.4, 0.5) is 17.1 Å². The highest BCUT2D eigenvalue weighted by Gasteiger charge is 2.57. The highest BCUT2D eigenvalue weighted by Crippen LogP contribution is 2.71. The first kappa shape index (κ1) is 86.3. The van der Waals surface area contributed by atoms with Crippen molar-refractivity contribution in [1.29, 1.82) is 0 Å². The third-order valence-electron chi connectivity index (χ3n) is 34.5. The van der Waals surface area contributed by atoms with Crippen molar-refractivity contribution < 1.29 is 13.3 Å². The number of unbranched alkanes of at least 4 members (excludes halogenated alkanes) is 16. The molecule has 0 amide bonds. The largest absolute Gasteiger partial charge is 0.456 e. The molecule has 0 N–H and O–H groups in total. The van der Waals surface area contributed by atoms with E-state index in [1.807, 2.05) is 0 Å². The molecule has 16 aromatic carbocycles. The first-order chi connectivity index (χ1) is 67.8. The Morgan fingerprint density at radius 2 is 0.551 bits per heavy atom. The average Bonchev–Trinajstić information content (AvgIpc) is 1.50. The van der Waals surface area contributed by atoms with Gasteiger partial charge in [-0.1, -0.05) is 414 Å². The van der Waals surface area contributed by atoms with E-state index in [1.54, 1.807) is 16.7 Å². The maximum Gasteiger partial charge on any atom is 0.144 e. The number of hydrogen-bond acceptors (Lipinski definition) is 4. The van der Waals surface area contributed by atoms with Crippen molar-refractivity contribution in [2.45, 2.75) is 242 Å². The van der Waals surface area contributed by atoms with Crippen LogP contribution in [0, 0.1) is 0 Å². The minimum atomic E-state index is -0.845. The molecule has 0 radical (unpaired) electrons. The maximum atomic E-state index is 7.89. The van der Waals surface area contributed by atoms with Crippen LogP contribution < -0.4 is 4.90 Å². The summed E-state index contributed by atoms with van der Waals surface area (Å²) in [7, 11) is 0. The van der Waals surface area contributed by atoms with Crippen LogP contribution in [0.5, 0.6) is 0 Å². The summed E-state index contributed by atoms with van der Waals surface area (Å²) in [5.74, 6) is 0. The SMILES string of the molecule is CCCCCCCC1(CCCCCCC)c2cc(N(c3ccc4c(c3)C(C)(C)c3cc5c(cc3-4)C(C)(C)c3ccc4oc6ccccc6c4c3-5)c3ccc4c(c3)C(c3ccccc3)(c3ccccc3)c3cc5c(cc3-4)C(c3ccccc3)(c3ccccc3)c3ccc4oc6ccccc6c4c3-5)ccc2-c2c1c1c(c3c2oc2ccccc23)-c2ccccc2C1(CCCCCCC)CCCCCCC. The van der Waals surface area contributed by atoms with Gasteiger partial charge in [-0.3, -0.25) is 0 Å². The van der Waals surface area contributed by atoms with E-state index in [1.165, 1.54) is 282 Å². The maximum absolute atomic E-state index is 7.89. The Labute approximate surface area is 814 Å². The number of benzene rings is 16. The molecule has 0 unspecified atom stereocenters. The van der Waals surface area contributed by atoms with Gasteiger partial charge >= 0.3 is 0 Å². The molecule has 6 aliphatic rings. The average molecular weight is 1800 g/mol. The number of furan rings is 3. The van der Waals surface area contributed by atoms with E-state index in [0.29, 0.717) is 0 Å². The second kappa shape index (κ2) is 33.8. The fraction of sp³-hybridized carbons (Fsp3) is 0.284. The molecule has 0 spiro atoms. The third kappa shape index (κ3) is 12.6. The lowest BCUT2D eigenvalue weighted by molar-refractivity contribution is 0.369. The molecule has 4 heteroatoms. The van der Waals surface area contributed by atoms with Gasteiger partial charge in [-0.15, -0.1) is 0 Å². The van der Waals surface area contributed by atoms with Gasteiger partial charge in [0, 0.05) is 76.6 Å². The van der Waals surface area contributed by atoms with Crippen molar-refractivity contribution in [1.82, 2.24) is 0 Å². The van der Waals surface area contributed by atoms with Crippen LogP contribution in [-0.2, 0) is 32.5 Å². The first-order valence-corrected chi connectivity index (χ1v) is 52.7. The van der Waals surface area contributed by atoms with Gasteiger partial charge in [0.25, 0.3) is 0 Å². The fourth-order valence-electron chi connectivity index (χ4n) is 28.3. The molecular weight excluding hydrogens is 1670 g/mol. The zero-order valence-electron chi connectivity index (χ0n) is 81.7. The number of nitrogens with zero attached hydrogens (tertiary/aromatic N) is 1. The van der Waals surface area contributed by atoms with Gasteiger partial charge in [0.15, 0.2) is 0 Å². The molecule has 684 valence electrons. The lowest BCUT2D eigenvalue weighted by Gasteiger charge is -2.40. The van der Waals surface area contributed by atoms with Gasteiger partial charge in [0.2, 0.25) is 0 Å². The normalized spacial score (nSPS) is 15.4. The molecule has 25 rings (SSSR count). The Morgan fingerprint density at radius 3 is 1.07 bits per heavy atom. The van der Waals surface area contributed by atoms with E-state index in [-0.39, 0.29) is 16.2 Å². The quantitative estimate of drug-likeness (QED) is 0.0406. The van der Waals surface area contributed by atoms with Crippen LogP contribution in [-0.4, -0.2) is 0 Å². The molecule has 0 fully saturated rings. The van der Waals surface area contributed by atoms with Gasteiger partial charge in [0.1, 0.15) is 33.5 Å². The predicted octanol–water partition coefficient (Wildman–Crippen LogP) is 38.2. The Morgan fingerprint density at radius 1 is 0.217 bits per heavy atom. The molecule has 0 saturated heterocycles. The lowest BCUT2D eigenvalue weighted by Crippen LogP contribution is -2.33. The van der Waals surface area contributed by atoms with Crippen molar-refractivity contribution >= 4 is 82.9 Å². The minimum absolute atomic E-state index is 0.221. The number of fused-ring (bicyclic) bond motifs is 32. The molecule has 3 heterocycles. The minimum Gasteiger partial charge on any atom is -0.456 e. The zero-order valence-corrected chi connectivity index (χ0v) is 81.7. The third-order valence-corrected chi connectivity index (χ3v) is 34.5. The summed E-state index contributed by atoms with van der Waals surface area (Å²) in [6.45, 7) is 19.5. The van der Waals surface area contributed by atoms with E-state index in [4.69, 9.17) is 13.3 Å². The van der Waals surface area contributed by atoms with E-state index in [2.05, 4.69) is 382 Å². The summed E-state index contributed by atoms with van der Waals surface area (Å²) >= 11 is 0. The Bertz CT molecular complexity index is 7910.